The number of carbonyl (C=O) groups is 1. The van der Waals surface area contributed by atoms with Crippen molar-refractivity contribution in [2.45, 2.75) is 33.6 Å². The average molecular weight is 555 g/mol. The van der Waals surface area contributed by atoms with E-state index >= 15 is 0 Å². The topological polar surface area (TPSA) is 71.8 Å². The molecule has 0 spiro atoms. The van der Waals surface area contributed by atoms with Gasteiger partial charge in [-0.05, 0) is 66.5 Å². The molecule has 2 heterocycles. The van der Waals surface area contributed by atoms with Crippen LogP contribution >= 0.6 is 36.3 Å². The number of aryl methyl sites for hydroxylation is 1. The number of halogens is 1. The molecule has 2 N–H and O–H groups in total. The molecule has 1 aromatic carbocycles. The number of carbonyl (C=O) groups excluding carboxylic acids is 1. The van der Waals surface area contributed by atoms with Crippen LogP contribution in [0.1, 0.15) is 32.5 Å². The van der Waals surface area contributed by atoms with Gasteiger partial charge in [-0.25, -0.2) is 9.97 Å². The first-order valence-electron chi connectivity index (χ1n) is 10.1. The Kier molecular flexibility index (Phi) is 8.05. The van der Waals surface area contributed by atoms with Gasteiger partial charge >= 0.3 is 0 Å². The van der Waals surface area contributed by atoms with E-state index < -0.39 is 0 Å². The molecule has 1 aliphatic carbocycles. The summed E-state index contributed by atoms with van der Waals surface area (Å²) in [5.74, 6) is 1.70. The van der Waals surface area contributed by atoms with E-state index in [0.29, 0.717) is 12.2 Å². The minimum absolute atomic E-state index is 0.0588. The smallest absolute Gasteiger partial charge is 0.228 e. The number of anilines is 3. The number of para-hydroxylation sites is 1. The highest BCUT2D eigenvalue weighted by molar-refractivity contribution is 14.2. The Balaban J connectivity index is 0.00000124. The number of benzene rings is 1. The van der Waals surface area contributed by atoms with Gasteiger partial charge in [0.25, 0.3) is 0 Å². The molecule has 1 atom stereocenters. The molecule has 0 bridgehead atoms. The summed E-state index contributed by atoms with van der Waals surface area (Å²) in [6.07, 6.45) is 2.42. The fraction of sp³-hybridized carbons (Fsp3) is 0.381. The number of nitrogens with one attached hydrogen (secondary N) is 2. The molecule has 1 amide bonds. The molecule has 3 aromatic rings. The fourth-order valence-electron chi connectivity index (χ4n) is 3.10. The lowest BCUT2D eigenvalue weighted by molar-refractivity contribution is -0.117. The number of aromatic nitrogens is 3. The average Bonchev–Trinajstić information content (AvgIpc) is 3.53. The molecule has 1 aliphatic rings. The van der Waals surface area contributed by atoms with Crippen molar-refractivity contribution in [3.8, 4) is 0 Å². The van der Waals surface area contributed by atoms with Crippen molar-refractivity contribution >= 4 is 75.9 Å². The quantitative estimate of drug-likeness (QED) is 0.289. The van der Waals surface area contributed by atoms with Crippen molar-refractivity contribution in [1.29, 1.82) is 0 Å². The predicted octanol–water partition coefficient (Wildman–Crippen LogP) is 6.02. The summed E-state index contributed by atoms with van der Waals surface area (Å²) >= 11 is 2.34. The van der Waals surface area contributed by atoms with E-state index in [1.54, 1.807) is 0 Å². The molecule has 30 heavy (non-hydrogen) atoms. The minimum Gasteiger partial charge on any atom is -0.353 e. The molecule has 0 saturated heterocycles. The van der Waals surface area contributed by atoms with Crippen LogP contribution in [0.3, 0.4) is 0 Å². The SMILES string of the molecule is CC.Cc1nc2c(Nc3ccccc3P(C)C)cc(NC(=O)C3CC3)nc2n1PI. The number of amides is 1. The Bertz CT molecular complexity index is 1050. The summed E-state index contributed by atoms with van der Waals surface area (Å²) in [7, 11) is -0.255. The summed E-state index contributed by atoms with van der Waals surface area (Å²) in [5.41, 5.74) is 3.58. The van der Waals surface area contributed by atoms with Crippen molar-refractivity contribution in [2.75, 3.05) is 24.0 Å². The fourth-order valence-corrected chi connectivity index (χ4v) is 6.24. The molecule has 1 unspecified atom stereocenters. The van der Waals surface area contributed by atoms with Gasteiger partial charge in [0.1, 0.15) is 17.2 Å². The van der Waals surface area contributed by atoms with E-state index in [-0.39, 0.29) is 19.7 Å². The molecule has 1 saturated carbocycles. The first-order chi connectivity index (χ1) is 14.5. The number of rotatable bonds is 6. The summed E-state index contributed by atoms with van der Waals surface area (Å²) in [5, 5.41) is 7.87. The molecule has 0 aliphatic heterocycles. The van der Waals surface area contributed by atoms with Crippen LogP contribution in [0, 0.1) is 12.8 Å². The molecule has 4 rings (SSSR count). The van der Waals surface area contributed by atoms with Gasteiger partial charge in [-0.15, -0.1) is 0 Å². The molecule has 9 heteroatoms. The lowest BCUT2D eigenvalue weighted by Crippen LogP contribution is -2.15. The van der Waals surface area contributed by atoms with Crippen LogP contribution in [0.2, 0.25) is 0 Å². The van der Waals surface area contributed by atoms with E-state index in [1.807, 2.05) is 32.9 Å². The second kappa shape index (κ2) is 10.3. The summed E-state index contributed by atoms with van der Waals surface area (Å²) in [4.78, 5) is 21.8. The van der Waals surface area contributed by atoms with Gasteiger partial charge in [0.05, 0.1) is 12.1 Å². The predicted molar refractivity (Wildman–Crippen MR) is 141 cm³/mol. The van der Waals surface area contributed by atoms with Gasteiger partial charge < -0.3 is 10.6 Å². The van der Waals surface area contributed by atoms with Crippen molar-refractivity contribution in [3.05, 3.63) is 36.2 Å². The summed E-state index contributed by atoms with van der Waals surface area (Å²) in [6, 6.07) is 10.3. The van der Waals surface area contributed by atoms with Crippen molar-refractivity contribution in [3.63, 3.8) is 0 Å². The van der Waals surface area contributed by atoms with Crippen LogP contribution < -0.4 is 15.9 Å². The monoisotopic (exact) mass is 555 g/mol. The number of imidazole rings is 1. The zero-order chi connectivity index (χ0) is 21.8. The molecular weight excluding hydrogens is 527 g/mol. The van der Waals surface area contributed by atoms with Crippen molar-refractivity contribution in [2.24, 2.45) is 5.92 Å². The van der Waals surface area contributed by atoms with E-state index in [2.05, 4.69) is 68.5 Å². The van der Waals surface area contributed by atoms with Crippen LogP contribution in [-0.4, -0.2) is 33.5 Å². The van der Waals surface area contributed by atoms with E-state index in [4.69, 9.17) is 9.97 Å². The Hall–Kier alpha value is -1.30. The minimum atomic E-state index is -0.255. The van der Waals surface area contributed by atoms with Crippen molar-refractivity contribution in [1.82, 2.24) is 14.3 Å². The first-order valence-corrected chi connectivity index (χ1v) is 16.4. The second-order valence-electron chi connectivity index (χ2n) is 7.11. The number of hydrogen-bond donors (Lipinski definition) is 2. The van der Waals surface area contributed by atoms with Gasteiger partial charge in [0.2, 0.25) is 5.91 Å². The third-order valence-corrected chi connectivity index (χ3v) is 8.23. The highest BCUT2D eigenvalue weighted by Gasteiger charge is 2.30. The maximum absolute atomic E-state index is 12.3. The first kappa shape index (κ1) is 23.4. The standard InChI is InChI=1S/C19H22IN5OP2.C2H6/c1-11-21-17-14(22-13-6-4-5-7-15(13)28(2)3)10-16(23-18(17)25(11)27-20)24-19(26)12-8-9-12;1-2/h4-7,10,12,27H,8-9H2,1-3H3,(H2,22,23,24,26);1-2H3. The molecule has 6 nitrogen and oxygen atoms in total. The lowest BCUT2D eigenvalue weighted by Gasteiger charge is -2.16. The summed E-state index contributed by atoms with van der Waals surface area (Å²) < 4.78 is 2.09. The molecule has 1 fully saturated rings. The Morgan fingerprint density at radius 1 is 1.20 bits per heavy atom. The zero-order valence-corrected chi connectivity index (χ0v) is 22.0. The van der Waals surface area contributed by atoms with E-state index in [9.17, 15) is 4.79 Å². The Morgan fingerprint density at radius 2 is 1.90 bits per heavy atom. The second-order valence-corrected chi connectivity index (χ2v) is 11.4. The van der Waals surface area contributed by atoms with Gasteiger partial charge in [-0.3, -0.25) is 9.13 Å². The van der Waals surface area contributed by atoms with E-state index in [1.165, 1.54) is 5.30 Å². The number of pyridine rings is 1. The summed E-state index contributed by atoms with van der Waals surface area (Å²) in [6.45, 7) is 10.5. The number of hydrogen-bond acceptors (Lipinski definition) is 4. The number of fused-ring (bicyclic) bond motifs is 1. The van der Waals surface area contributed by atoms with E-state index in [0.717, 1.165) is 41.2 Å². The Labute approximate surface area is 194 Å². The van der Waals surface area contributed by atoms with Crippen LogP contribution in [0.25, 0.3) is 11.2 Å². The molecule has 0 radical (unpaired) electrons. The lowest BCUT2D eigenvalue weighted by atomic mass is 10.2. The third-order valence-electron chi connectivity index (χ3n) is 4.72. The van der Waals surface area contributed by atoms with Gasteiger partial charge in [-0.2, -0.15) is 0 Å². The van der Waals surface area contributed by atoms with Crippen LogP contribution in [0.4, 0.5) is 17.2 Å². The largest absolute Gasteiger partial charge is 0.353 e. The highest BCUT2D eigenvalue weighted by atomic mass is 127. The molecule has 160 valence electrons. The molecular formula is C21H28IN5OP2. The zero-order valence-electron chi connectivity index (χ0n) is 18.0. The number of nitrogens with zero attached hydrogens (tertiary/aromatic N) is 3. The maximum Gasteiger partial charge on any atom is 0.228 e. The van der Waals surface area contributed by atoms with Crippen LogP contribution in [0.15, 0.2) is 30.3 Å². The van der Waals surface area contributed by atoms with Crippen LogP contribution in [0.5, 0.6) is 0 Å². The van der Waals surface area contributed by atoms with Gasteiger partial charge in [-0.1, -0.05) is 40.0 Å². The third kappa shape index (κ3) is 5.12. The normalized spacial score (nSPS) is 13.6. The van der Waals surface area contributed by atoms with Gasteiger partial charge in [0.15, 0.2) is 5.65 Å². The van der Waals surface area contributed by atoms with Crippen molar-refractivity contribution < 1.29 is 4.79 Å². The van der Waals surface area contributed by atoms with Crippen LogP contribution in [-0.2, 0) is 4.79 Å². The molecule has 2 aromatic heterocycles. The van der Waals surface area contributed by atoms with Gasteiger partial charge in [0, 0.05) is 17.7 Å². The highest BCUT2D eigenvalue weighted by Crippen LogP contribution is 2.37. The maximum atomic E-state index is 12.3. The Morgan fingerprint density at radius 3 is 2.53 bits per heavy atom.